The van der Waals surface area contributed by atoms with Gasteiger partial charge in [-0.2, -0.15) is 0 Å². The third kappa shape index (κ3) is 60.4. The molecule has 0 radical (unpaired) electrons. The molecule has 0 spiro atoms. The first-order chi connectivity index (χ1) is 37.5. The van der Waals surface area contributed by atoms with Gasteiger partial charge in [-0.25, -0.2) is 0 Å². The van der Waals surface area contributed by atoms with E-state index in [0.717, 1.165) is 148 Å². The molecule has 0 aliphatic carbocycles. The molecule has 76 heavy (non-hydrogen) atoms. The minimum atomic E-state index is -0.798. The second-order valence-electron chi connectivity index (χ2n) is 20.2. The molecule has 0 bridgehead atoms. The Kier molecular flexibility index (Phi) is 59.4. The number of hydrogen-bond donors (Lipinski definition) is 0. The second kappa shape index (κ2) is 63.1. The average molecular weight is 1050 g/mol. The van der Waals surface area contributed by atoms with Crippen LogP contribution in [-0.2, 0) is 28.6 Å². The summed E-state index contributed by atoms with van der Waals surface area (Å²) < 4.78 is 16.9. The maximum atomic E-state index is 12.9. The SMILES string of the molecule is CC/C=C\C/C=C\C/C=C\C/C=C\C/C=C\C/C=C\CCCCCCC(=O)OC(COC(=O)CCCCCCCCCCCC)COC(=O)CCCCCCCCCCC/C=C\C/C=C\C/C=C\C/C=C\C/C=C\CC. The van der Waals surface area contributed by atoms with E-state index < -0.39 is 6.10 Å². The van der Waals surface area contributed by atoms with Crippen LogP contribution in [0.25, 0.3) is 0 Å². The van der Waals surface area contributed by atoms with Crippen molar-refractivity contribution in [2.45, 2.75) is 277 Å². The van der Waals surface area contributed by atoms with Crippen molar-refractivity contribution in [2.75, 3.05) is 13.2 Å². The number of esters is 3. The lowest BCUT2D eigenvalue weighted by molar-refractivity contribution is -0.167. The van der Waals surface area contributed by atoms with Gasteiger partial charge in [-0.1, -0.05) is 270 Å². The number of ether oxygens (including phenoxy) is 3. The van der Waals surface area contributed by atoms with E-state index in [1.54, 1.807) is 0 Å². The maximum Gasteiger partial charge on any atom is 0.306 e. The molecule has 0 saturated heterocycles. The first-order valence-electron chi connectivity index (χ1n) is 31.2. The van der Waals surface area contributed by atoms with E-state index in [1.807, 2.05) is 0 Å². The molecule has 0 aromatic rings. The van der Waals surface area contributed by atoms with E-state index in [1.165, 1.54) is 83.5 Å². The summed E-state index contributed by atoms with van der Waals surface area (Å²) >= 11 is 0. The Morgan fingerprint density at radius 2 is 0.513 bits per heavy atom. The highest BCUT2D eigenvalue weighted by molar-refractivity contribution is 5.71. The molecule has 0 amide bonds. The Morgan fingerprint density at radius 1 is 0.276 bits per heavy atom. The van der Waals surface area contributed by atoms with Crippen LogP contribution < -0.4 is 0 Å². The van der Waals surface area contributed by atoms with E-state index >= 15 is 0 Å². The van der Waals surface area contributed by atoms with Gasteiger partial charge in [0, 0.05) is 19.3 Å². The Morgan fingerprint density at radius 3 is 0.803 bits per heavy atom. The highest BCUT2D eigenvalue weighted by atomic mass is 16.6. The van der Waals surface area contributed by atoms with Gasteiger partial charge in [0.2, 0.25) is 0 Å². The van der Waals surface area contributed by atoms with Gasteiger partial charge in [0.25, 0.3) is 0 Å². The molecule has 430 valence electrons. The fourth-order valence-corrected chi connectivity index (χ4v) is 8.30. The van der Waals surface area contributed by atoms with Crippen LogP contribution in [-0.4, -0.2) is 37.2 Å². The van der Waals surface area contributed by atoms with Crippen molar-refractivity contribution in [3.8, 4) is 0 Å². The molecular weight excluding hydrogens is 937 g/mol. The summed E-state index contributed by atoms with van der Waals surface area (Å²) in [5.74, 6) is -0.925. The lowest BCUT2D eigenvalue weighted by Crippen LogP contribution is -2.30. The second-order valence-corrected chi connectivity index (χ2v) is 20.2. The summed E-state index contributed by atoms with van der Waals surface area (Å²) in [4.78, 5) is 38.2. The quantitative estimate of drug-likeness (QED) is 0.0261. The van der Waals surface area contributed by atoms with Crippen LogP contribution in [0.3, 0.4) is 0 Å². The zero-order valence-electron chi connectivity index (χ0n) is 49.2. The highest BCUT2D eigenvalue weighted by Gasteiger charge is 2.19. The molecule has 1 atom stereocenters. The van der Waals surface area contributed by atoms with E-state index in [4.69, 9.17) is 14.2 Å². The van der Waals surface area contributed by atoms with Gasteiger partial charge in [-0.15, -0.1) is 0 Å². The van der Waals surface area contributed by atoms with E-state index in [-0.39, 0.29) is 31.1 Å². The number of hydrogen-bond acceptors (Lipinski definition) is 6. The van der Waals surface area contributed by atoms with Gasteiger partial charge >= 0.3 is 17.9 Å². The zero-order valence-corrected chi connectivity index (χ0v) is 49.2. The van der Waals surface area contributed by atoms with Crippen LogP contribution in [0.2, 0.25) is 0 Å². The molecule has 6 heteroatoms. The van der Waals surface area contributed by atoms with Gasteiger partial charge in [-0.3, -0.25) is 14.4 Å². The first kappa shape index (κ1) is 71.5. The monoisotopic (exact) mass is 1050 g/mol. The standard InChI is InChI=1S/C70H114O6/c1-4-7-10-13-16-19-22-24-26-28-30-32-34-35-37-38-40-42-44-46-48-51-54-57-60-63-69(72)75-66-67(65-74-68(71)62-59-56-53-50-21-18-15-12-9-6-3)76-70(73)64-61-58-55-52-49-47-45-43-41-39-36-33-31-29-27-25-23-20-17-14-11-8-5-2/h7-8,10-11,16-17,19-20,24-27,30-33,35,37,39,41,45,47,67H,4-6,9,12-15,18,21-23,28-29,34,36,38,40,42-44,46,48-66H2,1-3H3/b10-7-,11-8-,19-16-,20-17-,26-24-,27-25-,32-30-,33-31-,37-35-,41-39-,47-45-. The topological polar surface area (TPSA) is 78.9 Å². The van der Waals surface area contributed by atoms with Crippen molar-refractivity contribution in [3.05, 3.63) is 134 Å². The Bertz CT molecular complexity index is 1630. The van der Waals surface area contributed by atoms with Crippen molar-refractivity contribution >= 4 is 17.9 Å². The van der Waals surface area contributed by atoms with E-state index in [2.05, 4.69) is 154 Å². The third-order valence-electron chi connectivity index (χ3n) is 12.9. The van der Waals surface area contributed by atoms with Gasteiger partial charge < -0.3 is 14.2 Å². The smallest absolute Gasteiger partial charge is 0.306 e. The fourth-order valence-electron chi connectivity index (χ4n) is 8.30. The minimum Gasteiger partial charge on any atom is -0.462 e. The summed E-state index contributed by atoms with van der Waals surface area (Å²) in [6.45, 7) is 6.38. The Hall–Kier alpha value is -4.45. The lowest BCUT2D eigenvalue weighted by atomic mass is 10.1. The third-order valence-corrected chi connectivity index (χ3v) is 12.9. The highest BCUT2D eigenvalue weighted by Crippen LogP contribution is 2.15. The van der Waals surface area contributed by atoms with Crippen LogP contribution in [0, 0.1) is 0 Å². The van der Waals surface area contributed by atoms with Gasteiger partial charge in [0.05, 0.1) is 0 Å². The average Bonchev–Trinajstić information content (AvgIpc) is 3.42. The molecule has 0 heterocycles. The number of allylic oxidation sites excluding steroid dienone is 22. The largest absolute Gasteiger partial charge is 0.462 e. The van der Waals surface area contributed by atoms with Gasteiger partial charge in [0.1, 0.15) is 13.2 Å². The van der Waals surface area contributed by atoms with Crippen molar-refractivity contribution in [1.82, 2.24) is 0 Å². The number of carbonyl (C=O) groups is 3. The van der Waals surface area contributed by atoms with E-state index in [9.17, 15) is 14.4 Å². The molecule has 0 N–H and O–H groups in total. The molecule has 0 saturated carbocycles. The summed E-state index contributed by atoms with van der Waals surface area (Å²) in [5.41, 5.74) is 0. The predicted molar refractivity (Wildman–Crippen MR) is 329 cm³/mol. The molecule has 0 fully saturated rings. The van der Waals surface area contributed by atoms with Crippen LogP contribution in [0.5, 0.6) is 0 Å². The molecule has 0 rings (SSSR count). The normalized spacial score (nSPS) is 13.0. The van der Waals surface area contributed by atoms with Gasteiger partial charge in [-0.05, 0) is 116 Å². The number of carbonyl (C=O) groups excluding carboxylic acids is 3. The molecular formula is C70H114O6. The first-order valence-corrected chi connectivity index (χ1v) is 31.2. The predicted octanol–water partition coefficient (Wildman–Crippen LogP) is 21.4. The fraction of sp³-hybridized carbons (Fsp3) is 0.643. The summed E-state index contributed by atoms with van der Waals surface area (Å²) in [6, 6.07) is 0. The molecule has 0 aromatic carbocycles. The van der Waals surface area contributed by atoms with Crippen molar-refractivity contribution in [2.24, 2.45) is 0 Å². The summed E-state index contributed by atoms with van der Waals surface area (Å²) in [7, 11) is 0. The lowest BCUT2D eigenvalue weighted by Gasteiger charge is -2.18. The van der Waals surface area contributed by atoms with Crippen molar-refractivity contribution in [3.63, 3.8) is 0 Å². The Balaban J connectivity index is 4.36. The zero-order chi connectivity index (χ0) is 55.0. The van der Waals surface area contributed by atoms with Crippen LogP contribution in [0.15, 0.2) is 134 Å². The number of unbranched alkanes of at least 4 members (excludes halogenated alkanes) is 22. The van der Waals surface area contributed by atoms with Crippen molar-refractivity contribution < 1.29 is 28.6 Å². The Labute approximate surface area is 468 Å². The van der Waals surface area contributed by atoms with Crippen LogP contribution >= 0.6 is 0 Å². The minimum absolute atomic E-state index is 0.0923. The molecule has 1 unspecified atom stereocenters. The summed E-state index contributed by atoms with van der Waals surface area (Å²) in [5, 5.41) is 0. The molecule has 0 aliphatic heterocycles. The number of rotatable bonds is 55. The molecule has 0 aromatic heterocycles. The van der Waals surface area contributed by atoms with Crippen LogP contribution in [0.4, 0.5) is 0 Å². The summed E-state index contributed by atoms with van der Waals surface area (Å²) in [6.07, 6.45) is 88.8. The van der Waals surface area contributed by atoms with Crippen molar-refractivity contribution in [1.29, 1.82) is 0 Å². The van der Waals surface area contributed by atoms with Crippen LogP contribution in [0.1, 0.15) is 271 Å². The van der Waals surface area contributed by atoms with Gasteiger partial charge in [0.15, 0.2) is 6.10 Å². The van der Waals surface area contributed by atoms with E-state index in [0.29, 0.717) is 19.3 Å². The maximum absolute atomic E-state index is 12.9. The molecule has 0 aliphatic rings. The molecule has 6 nitrogen and oxygen atoms in total.